The summed E-state index contributed by atoms with van der Waals surface area (Å²) in [6.45, 7) is 0.791. The number of anilines is 1. The molecule has 6 nitrogen and oxygen atoms in total. The molecule has 0 spiro atoms. The number of aryl methyl sites for hydroxylation is 1. The molecule has 1 saturated carbocycles. The number of thioether (sulfide) groups is 1. The molecule has 1 aliphatic heterocycles. The Morgan fingerprint density at radius 1 is 1.18 bits per heavy atom. The molecule has 0 radical (unpaired) electrons. The number of carbonyl (C=O) groups is 1. The summed E-state index contributed by atoms with van der Waals surface area (Å²) in [4.78, 5) is 20.8. The number of aromatic nitrogens is 2. The molecule has 0 bridgehead atoms. The van der Waals surface area contributed by atoms with E-state index in [1.165, 1.54) is 54.8 Å². The van der Waals surface area contributed by atoms with E-state index in [0.717, 1.165) is 40.7 Å². The van der Waals surface area contributed by atoms with Gasteiger partial charge < -0.3 is 15.4 Å². The maximum atomic E-state index is 11.6. The lowest BCUT2D eigenvalue weighted by Gasteiger charge is -2.29. The molecular weight excluding hydrogens is 432 g/mol. The Kier molecular flexibility index (Phi) is 6.78. The van der Waals surface area contributed by atoms with Gasteiger partial charge in [-0.05, 0) is 67.7 Å². The van der Waals surface area contributed by atoms with Crippen molar-refractivity contribution in [2.45, 2.75) is 56.1 Å². The first-order valence-corrected chi connectivity index (χ1v) is 12.7. The number of ether oxygens (including phenoxy) is 1. The van der Waals surface area contributed by atoms with E-state index in [2.05, 4.69) is 45.9 Å². The SMILES string of the molecule is COc1ccc2cccc(CCC3CCC(NCc4cnc5c(c4)NC(=O)CS5)CC3)c2n1. The summed E-state index contributed by atoms with van der Waals surface area (Å²) in [5, 5.41) is 8.72. The third-order valence-electron chi connectivity index (χ3n) is 6.77. The summed E-state index contributed by atoms with van der Waals surface area (Å²) in [5.74, 6) is 1.95. The van der Waals surface area contributed by atoms with E-state index in [1.807, 2.05) is 12.3 Å². The molecule has 1 aromatic carbocycles. The smallest absolute Gasteiger partial charge is 0.234 e. The molecule has 3 heterocycles. The number of benzene rings is 1. The van der Waals surface area contributed by atoms with Crippen LogP contribution in [0, 0.1) is 5.92 Å². The van der Waals surface area contributed by atoms with Gasteiger partial charge >= 0.3 is 0 Å². The van der Waals surface area contributed by atoms with Crippen LogP contribution in [-0.4, -0.2) is 34.8 Å². The van der Waals surface area contributed by atoms with Crippen molar-refractivity contribution in [2.24, 2.45) is 5.92 Å². The van der Waals surface area contributed by atoms with Crippen molar-refractivity contribution in [3.8, 4) is 5.88 Å². The summed E-state index contributed by atoms with van der Waals surface area (Å²) in [6.07, 6.45) is 9.12. The first-order valence-electron chi connectivity index (χ1n) is 11.8. The first kappa shape index (κ1) is 22.2. The Hall–Kier alpha value is -2.64. The average Bonchev–Trinajstić information content (AvgIpc) is 2.86. The molecule has 0 atom stereocenters. The molecule has 7 heteroatoms. The van der Waals surface area contributed by atoms with Gasteiger partial charge in [0.05, 0.1) is 24.1 Å². The fraction of sp³-hybridized carbons (Fsp3) is 0.423. The minimum Gasteiger partial charge on any atom is -0.481 e. The highest BCUT2D eigenvalue weighted by atomic mass is 32.2. The van der Waals surface area contributed by atoms with E-state index in [4.69, 9.17) is 9.72 Å². The number of pyridine rings is 2. The molecule has 0 saturated heterocycles. The van der Waals surface area contributed by atoms with Crippen LogP contribution in [0.5, 0.6) is 5.88 Å². The first-order chi connectivity index (χ1) is 16.2. The van der Waals surface area contributed by atoms with E-state index < -0.39 is 0 Å². The Morgan fingerprint density at radius 2 is 2.06 bits per heavy atom. The van der Waals surface area contributed by atoms with Gasteiger partial charge in [-0.25, -0.2) is 9.97 Å². The van der Waals surface area contributed by atoms with Crippen molar-refractivity contribution in [1.82, 2.24) is 15.3 Å². The summed E-state index contributed by atoms with van der Waals surface area (Å²) in [6, 6.07) is 13.1. The van der Waals surface area contributed by atoms with Crippen LogP contribution in [0.3, 0.4) is 0 Å². The highest BCUT2D eigenvalue weighted by Crippen LogP contribution is 2.31. The van der Waals surface area contributed by atoms with Crippen LogP contribution < -0.4 is 15.4 Å². The quantitative estimate of drug-likeness (QED) is 0.517. The number of methoxy groups -OCH3 is 1. The number of rotatable bonds is 7. The minimum atomic E-state index is 0.0520. The zero-order valence-corrected chi connectivity index (χ0v) is 19.8. The predicted octanol–water partition coefficient (Wildman–Crippen LogP) is 4.96. The lowest BCUT2D eigenvalue weighted by Crippen LogP contribution is -2.33. The summed E-state index contributed by atoms with van der Waals surface area (Å²) < 4.78 is 5.33. The molecule has 1 aliphatic carbocycles. The number of hydrogen-bond acceptors (Lipinski definition) is 6. The Bertz CT molecular complexity index is 1140. The van der Waals surface area contributed by atoms with Crippen molar-refractivity contribution in [1.29, 1.82) is 0 Å². The van der Waals surface area contributed by atoms with E-state index in [-0.39, 0.29) is 5.91 Å². The van der Waals surface area contributed by atoms with Gasteiger partial charge in [0.25, 0.3) is 0 Å². The highest BCUT2D eigenvalue weighted by molar-refractivity contribution is 8.00. The minimum absolute atomic E-state index is 0.0520. The van der Waals surface area contributed by atoms with Gasteiger partial charge in [0.1, 0.15) is 5.03 Å². The van der Waals surface area contributed by atoms with Gasteiger partial charge in [0, 0.05) is 30.2 Å². The number of amides is 1. The number of hydrogen-bond donors (Lipinski definition) is 2. The molecule has 5 rings (SSSR count). The molecule has 33 heavy (non-hydrogen) atoms. The Balaban J connectivity index is 1.11. The van der Waals surface area contributed by atoms with Gasteiger partial charge in [0.2, 0.25) is 11.8 Å². The van der Waals surface area contributed by atoms with Gasteiger partial charge in [-0.15, -0.1) is 0 Å². The van der Waals surface area contributed by atoms with Crippen molar-refractivity contribution < 1.29 is 9.53 Å². The fourth-order valence-electron chi connectivity index (χ4n) is 4.90. The van der Waals surface area contributed by atoms with E-state index >= 15 is 0 Å². The summed E-state index contributed by atoms with van der Waals surface area (Å²) in [5.41, 5.74) is 4.36. The van der Waals surface area contributed by atoms with Crippen LogP contribution in [-0.2, 0) is 17.8 Å². The Labute approximate surface area is 198 Å². The van der Waals surface area contributed by atoms with Crippen LogP contribution in [0.2, 0.25) is 0 Å². The highest BCUT2D eigenvalue weighted by Gasteiger charge is 2.22. The lowest BCUT2D eigenvalue weighted by atomic mass is 9.82. The molecule has 1 amide bonds. The van der Waals surface area contributed by atoms with Gasteiger partial charge in [0.15, 0.2) is 0 Å². The zero-order valence-electron chi connectivity index (χ0n) is 19.0. The molecule has 3 aromatic rings. The number of nitrogens with one attached hydrogen (secondary N) is 2. The predicted molar refractivity (Wildman–Crippen MR) is 133 cm³/mol. The van der Waals surface area contributed by atoms with Crippen molar-refractivity contribution in [2.75, 3.05) is 18.2 Å². The maximum absolute atomic E-state index is 11.6. The average molecular weight is 463 g/mol. The second-order valence-electron chi connectivity index (χ2n) is 9.01. The Morgan fingerprint density at radius 3 is 2.91 bits per heavy atom. The van der Waals surface area contributed by atoms with Crippen molar-refractivity contribution >= 4 is 34.3 Å². The normalized spacial score (nSPS) is 20.3. The standard InChI is InChI=1S/C26H30N4O2S/c1-32-24-12-9-20-4-2-3-19(25(20)30-24)8-5-17-6-10-21(11-7-17)27-14-18-13-22-26(28-15-18)33-16-23(31)29-22/h2-4,9,12-13,15,17,21,27H,5-8,10-11,14,16H2,1H3,(H,29,31). The van der Waals surface area contributed by atoms with Crippen LogP contribution >= 0.6 is 11.8 Å². The third-order valence-corrected chi connectivity index (χ3v) is 7.78. The third kappa shape index (κ3) is 5.31. The number of fused-ring (bicyclic) bond motifs is 2. The monoisotopic (exact) mass is 462 g/mol. The zero-order chi connectivity index (χ0) is 22.6. The number of para-hydroxylation sites is 1. The molecule has 2 aromatic heterocycles. The number of nitrogens with zero attached hydrogens (tertiary/aromatic N) is 2. The summed E-state index contributed by atoms with van der Waals surface area (Å²) >= 11 is 1.50. The van der Waals surface area contributed by atoms with Gasteiger partial charge in [-0.3, -0.25) is 4.79 Å². The molecular formula is C26H30N4O2S. The maximum Gasteiger partial charge on any atom is 0.234 e. The molecule has 2 aliphatic rings. The van der Waals surface area contributed by atoms with Crippen molar-refractivity contribution in [3.05, 3.63) is 53.7 Å². The molecule has 1 fully saturated rings. The molecule has 172 valence electrons. The van der Waals surface area contributed by atoms with E-state index in [9.17, 15) is 4.79 Å². The summed E-state index contributed by atoms with van der Waals surface area (Å²) in [7, 11) is 1.67. The lowest BCUT2D eigenvalue weighted by molar-refractivity contribution is -0.113. The largest absolute Gasteiger partial charge is 0.481 e. The van der Waals surface area contributed by atoms with E-state index in [1.54, 1.807) is 7.11 Å². The number of carbonyl (C=O) groups excluding carboxylic acids is 1. The van der Waals surface area contributed by atoms with Crippen LogP contribution in [0.1, 0.15) is 43.2 Å². The van der Waals surface area contributed by atoms with Gasteiger partial charge in [-0.1, -0.05) is 30.0 Å². The van der Waals surface area contributed by atoms with Crippen LogP contribution in [0.25, 0.3) is 10.9 Å². The fourth-order valence-corrected chi connectivity index (χ4v) is 5.63. The molecule has 0 unspecified atom stereocenters. The van der Waals surface area contributed by atoms with Crippen LogP contribution in [0.4, 0.5) is 5.69 Å². The second kappa shape index (κ2) is 10.1. The van der Waals surface area contributed by atoms with Crippen molar-refractivity contribution in [3.63, 3.8) is 0 Å². The van der Waals surface area contributed by atoms with Crippen LogP contribution in [0.15, 0.2) is 47.6 Å². The topological polar surface area (TPSA) is 76.1 Å². The van der Waals surface area contributed by atoms with E-state index in [0.29, 0.717) is 17.7 Å². The second-order valence-corrected chi connectivity index (χ2v) is 9.98. The molecule has 2 N–H and O–H groups in total. The van der Waals surface area contributed by atoms with Gasteiger partial charge in [-0.2, -0.15) is 0 Å².